The third-order valence-electron chi connectivity index (χ3n) is 4.06. The highest BCUT2D eigenvalue weighted by molar-refractivity contribution is 7.71. The van der Waals surface area contributed by atoms with E-state index >= 15 is 0 Å². The van der Waals surface area contributed by atoms with Crippen molar-refractivity contribution in [3.63, 3.8) is 0 Å². The molecule has 3 rings (SSSR count). The van der Waals surface area contributed by atoms with Crippen LogP contribution in [0.2, 0.25) is 0 Å². The molecule has 0 spiro atoms. The predicted molar refractivity (Wildman–Crippen MR) is 98.0 cm³/mol. The molecule has 2 aromatic carbocycles. The Kier molecular flexibility index (Phi) is 3.65. The Balaban J connectivity index is 2.21. The van der Waals surface area contributed by atoms with Crippen molar-refractivity contribution in [1.82, 2.24) is 4.98 Å². The molecule has 0 unspecified atom stereocenters. The maximum absolute atomic E-state index is 5.39. The number of rotatable bonds is 1. The third kappa shape index (κ3) is 2.84. The molecule has 0 atom stereocenters. The summed E-state index contributed by atoms with van der Waals surface area (Å²) in [4.78, 5) is 3.28. The second kappa shape index (κ2) is 5.36. The Morgan fingerprint density at radius 3 is 2.23 bits per heavy atom. The topological polar surface area (TPSA) is 15.8 Å². The molecule has 22 heavy (non-hydrogen) atoms. The summed E-state index contributed by atoms with van der Waals surface area (Å²) in [5, 5.41) is 1.22. The number of hydrogen-bond acceptors (Lipinski definition) is 1. The molecule has 0 aliphatic rings. The van der Waals surface area contributed by atoms with Crippen molar-refractivity contribution in [1.29, 1.82) is 0 Å². The van der Waals surface area contributed by atoms with Gasteiger partial charge < -0.3 is 4.98 Å². The second-order valence-electron chi connectivity index (χ2n) is 6.92. The van der Waals surface area contributed by atoms with Crippen LogP contribution in [0.5, 0.6) is 0 Å². The number of H-pyrrole nitrogens is 1. The van der Waals surface area contributed by atoms with Gasteiger partial charge >= 0.3 is 0 Å². The predicted octanol–water partition coefficient (Wildman–Crippen LogP) is 6.17. The van der Waals surface area contributed by atoms with Crippen molar-refractivity contribution in [3.05, 3.63) is 64.3 Å². The lowest BCUT2D eigenvalue weighted by molar-refractivity contribution is 0.590. The van der Waals surface area contributed by atoms with E-state index < -0.39 is 0 Å². The quantitative estimate of drug-likeness (QED) is 0.531. The molecule has 0 radical (unpaired) electrons. The summed E-state index contributed by atoms with van der Waals surface area (Å²) >= 11 is 5.39. The summed E-state index contributed by atoms with van der Waals surface area (Å²) in [6.45, 7) is 8.83. The van der Waals surface area contributed by atoms with E-state index in [2.05, 4.69) is 81.2 Å². The molecule has 0 bridgehead atoms. The van der Waals surface area contributed by atoms with Crippen molar-refractivity contribution < 1.29 is 0 Å². The maximum Gasteiger partial charge on any atom is 0.104 e. The average Bonchev–Trinajstić information content (AvgIpc) is 2.46. The largest absolute Gasteiger partial charge is 0.346 e. The van der Waals surface area contributed by atoms with Gasteiger partial charge in [0.15, 0.2) is 0 Å². The molecule has 0 aliphatic heterocycles. The van der Waals surface area contributed by atoms with Crippen molar-refractivity contribution >= 4 is 23.1 Å². The second-order valence-corrected chi connectivity index (χ2v) is 7.36. The standard InChI is InChI=1S/C20H21NS/c1-13-5-10-18-17(11-13)16(12-19(22)21-18)14-6-8-15(9-7-14)20(2,3)4/h5-12H,1-4H3,(H,21,22). The molecule has 0 saturated carbocycles. The van der Waals surface area contributed by atoms with E-state index in [-0.39, 0.29) is 5.41 Å². The van der Waals surface area contributed by atoms with Crippen molar-refractivity contribution in [3.8, 4) is 11.1 Å². The highest BCUT2D eigenvalue weighted by Crippen LogP contribution is 2.30. The minimum Gasteiger partial charge on any atom is -0.346 e. The number of pyridine rings is 1. The van der Waals surface area contributed by atoms with Gasteiger partial charge in [-0.3, -0.25) is 0 Å². The Labute approximate surface area is 137 Å². The van der Waals surface area contributed by atoms with Crippen LogP contribution in [0.3, 0.4) is 0 Å². The van der Waals surface area contributed by atoms with Gasteiger partial charge in [0.2, 0.25) is 0 Å². The average molecular weight is 307 g/mol. The first kappa shape index (κ1) is 15.0. The monoisotopic (exact) mass is 307 g/mol. The van der Waals surface area contributed by atoms with Crippen LogP contribution in [0.15, 0.2) is 48.5 Å². The molecule has 0 amide bonds. The van der Waals surface area contributed by atoms with Gasteiger partial charge in [-0.1, -0.05) is 68.9 Å². The van der Waals surface area contributed by atoms with E-state index in [0.717, 1.165) is 10.2 Å². The molecule has 112 valence electrons. The Morgan fingerprint density at radius 2 is 1.59 bits per heavy atom. The molecule has 0 saturated heterocycles. The number of aromatic amines is 1. The van der Waals surface area contributed by atoms with E-state index in [1.807, 2.05) is 0 Å². The van der Waals surface area contributed by atoms with Crippen molar-refractivity contribution in [2.24, 2.45) is 0 Å². The lowest BCUT2D eigenvalue weighted by Gasteiger charge is -2.19. The minimum atomic E-state index is 0.171. The fraction of sp³-hybridized carbons (Fsp3) is 0.250. The number of benzene rings is 2. The van der Waals surface area contributed by atoms with Gasteiger partial charge in [0.25, 0.3) is 0 Å². The Bertz CT molecular complexity index is 880. The number of aryl methyl sites for hydroxylation is 1. The zero-order valence-corrected chi connectivity index (χ0v) is 14.3. The SMILES string of the molecule is Cc1ccc2[nH]c(=S)cc(-c3ccc(C(C)(C)C)cc3)c2c1. The minimum absolute atomic E-state index is 0.171. The van der Waals surface area contributed by atoms with Crippen LogP contribution in [0.4, 0.5) is 0 Å². The first-order valence-corrected chi connectivity index (χ1v) is 8.00. The van der Waals surface area contributed by atoms with Crippen LogP contribution < -0.4 is 0 Å². The first-order valence-electron chi connectivity index (χ1n) is 7.59. The molecule has 2 heteroatoms. The fourth-order valence-corrected chi connectivity index (χ4v) is 2.98. The normalized spacial score (nSPS) is 11.8. The molecule has 1 heterocycles. The molecular weight excluding hydrogens is 286 g/mol. The van der Waals surface area contributed by atoms with Gasteiger partial charge in [0.05, 0.1) is 0 Å². The highest BCUT2D eigenvalue weighted by Gasteiger charge is 2.13. The van der Waals surface area contributed by atoms with E-state index in [9.17, 15) is 0 Å². The van der Waals surface area contributed by atoms with Gasteiger partial charge in [0.1, 0.15) is 4.64 Å². The fourth-order valence-electron chi connectivity index (χ4n) is 2.76. The van der Waals surface area contributed by atoms with Gasteiger partial charge in [-0.25, -0.2) is 0 Å². The first-order chi connectivity index (χ1) is 10.3. The Morgan fingerprint density at radius 1 is 0.909 bits per heavy atom. The summed E-state index contributed by atoms with van der Waals surface area (Å²) < 4.78 is 0.770. The van der Waals surface area contributed by atoms with Crippen LogP contribution >= 0.6 is 12.2 Å². The maximum atomic E-state index is 5.39. The number of nitrogens with one attached hydrogen (secondary N) is 1. The van der Waals surface area contributed by atoms with Gasteiger partial charge in [0, 0.05) is 10.9 Å². The summed E-state index contributed by atoms with van der Waals surface area (Å²) in [6.07, 6.45) is 0. The van der Waals surface area contributed by atoms with Crippen molar-refractivity contribution in [2.75, 3.05) is 0 Å². The van der Waals surface area contributed by atoms with Crippen LogP contribution in [-0.2, 0) is 5.41 Å². The number of fused-ring (bicyclic) bond motifs is 1. The summed E-state index contributed by atoms with van der Waals surface area (Å²) in [5.74, 6) is 0. The van der Waals surface area contributed by atoms with Crippen LogP contribution in [0.1, 0.15) is 31.9 Å². The zero-order valence-electron chi connectivity index (χ0n) is 13.5. The molecule has 1 nitrogen and oxygen atoms in total. The smallest absolute Gasteiger partial charge is 0.104 e. The molecule has 0 fully saturated rings. The summed E-state index contributed by atoms with van der Waals surface area (Å²) in [5.41, 5.74) is 6.27. The third-order valence-corrected chi connectivity index (χ3v) is 4.28. The summed E-state index contributed by atoms with van der Waals surface area (Å²) in [6, 6.07) is 17.3. The van der Waals surface area contributed by atoms with E-state index in [4.69, 9.17) is 12.2 Å². The number of hydrogen-bond donors (Lipinski definition) is 1. The highest BCUT2D eigenvalue weighted by atomic mass is 32.1. The lowest BCUT2D eigenvalue weighted by atomic mass is 9.86. The van der Waals surface area contributed by atoms with Gasteiger partial charge in [-0.15, -0.1) is 0 Å². The lowest BCUT2D eigenvalue weighted by Crippen LogP contribution is -2.10. The van der Waals surface area contributed by atoms with E-state index in [1.54, 1.807) is 0 Å². The van der Waals surface area contributed by atoms with E-state index in [0.29, 0.717) is 0 Å². The molecular formula is C20H21NS. The summed E-state index contributed by atoms with van der Waals surface area (Å²) in [7, 11) is 0. The van der Waals surface area contributed by atoms with Crippen LogP contribution in [0, 0.1) is 11.6 Å². The molecule has 0 aliphatic carbocycles. The Hall–Kier alpha value is -1.93. The van der Waals surface area contributed by atoms with Gasteiger partial charge in [-0.05, 0) is 47.2 Å². The molecule has 1 aromatic heterocycles. The number of aromatic nitrogens is 1. The van der Waals surface area contributed by atoms with Crippen LogP contribution in [-0.4, -0.2) is 4.98 Å². The van der Waals surface area contributed by atoms with Gasteiger partial charge in [-0.2, -0.15) is 0 Å². The molecule has 3 aromatic rings. The van der Waals surface area contributed by atoms with E-state index in [1.165, 1.54) is 27.6 Å². The zero-order chi connectivity index (χ0) is 15.9. The molecule has 1 N–H and O–H groups in total. The van der Waals surface area contributed by atoms with Crippen LogP contribution in [0.25, 0.3) is 22.0 Å². The van der Waals surface area contributed by atoms with Crippen molar-refractivity contribution in [2.45, 2.75) is 33.1 Å².